The first-order valence-corrected chi connectivity index (χ1v) is 7.20. The van der Waals surface area contributed by atoms with E-state index in [-0.39, 0.29) is 6.61 Å². The fourth-order valence-electron chi connectivity index (χ4n) is 2.27. The van der Waals surface area contributed by atoms with Crippen molar-refractivity contribution in [3.8, 4) is 5.75 Å². The van der Waals surface area contributed by atoms with Crippen LogP contribution in [0.1, 0.15) is 24.8 Å². The molecule has 1 aromatic carbocycles. The molecule has 0 amide bonds. The van der Waals surface area contributed by atoms with Gasteiger partial charge in [0.25, 0.3) is 0 Å². The molecule has 1 unspecified atom stereocenters. The van der Waals surface area contributed by atoms with Crippen molar-refractivity contribution in [2.45, 2.75) is 31.8 Å². The average molecular weight is 314 g/mol. The first-order valence-electron chi connectivity index (χ1n) is 6.41. The standard InChI is InChI=1S/C14H20BrNO2/c1-18-14-5-4-12(15)8-11(14)9-16-13(6-7-17)10-2-3-10/h4-5,8,10,13,16-17H,2-3,6-7,9H2,1H3. The van der Waals surface area contributed by atoms with Crippen molar-refractivity contribution >= 4 is 15.9 Å². The lowest BCUT2D eigenvalue weighted by atomic mass is 10.1. The van der Waals surface area contributed by atoms with Crippen molar-refractivity contribution in [3.63, 3.8) is 0 Å². The zero-order valence-electron chi connectivity index (χ0n) is 10.7. The van der Waals surface area contributed by atoms with Crippen LogP contribution in [0.25, 0.3) is 0 Å². The van der Waals surface area contributed by atoms with Crippen LogP contribution in [0, 0.1) is 5.92 Å². The third-order valence-corrected chi connectivity index (χ3v) is 3.92. The Labute approximate surface area is 117 Å². The van der Waals surface area contributed by atoms with Crippen molar-refractivity contribution < 1.29 is 9.84 Å². The molecule has 1 aliphatic rings. The van der Waals surface area contributed by atoms with E-state index in [9.17, 15) is 0 Å². The highest BCUT2D eigenvalue weighted by Gasteiger charge is 2.30. The molecule has 18 heavy (non-hydrogen) atoms. The molecular weight excluding hydrogens is 294 g/mol. The molecule has 0 aromatic heterocycles. The summed E-state index contributed by atoms with van der Waals surface area (Å²) in [6.07, 6.45) is 3.40. The minimum Gasteiger partial charge on any atom is -0.496 e. The molecule has 1 aromatic rings. The molecule has 0 radical (unpaired) electrons. The quantitative estimate of drug-likeness (QED) is 0.813. The van der Waals surface area contributed by atoms with Crippen molar-refractivity contribution in [2.75, 3.05) is 13.7 Å². The maximum absolute atomic E-state index is 9.08. The Morgan fingerprint density at radius 1 is 1.50 bits per heavy atom. The number of methoxy groups -OCH3 is 1. The van der Waals surface area contributed by atoms with E-state index in [0.29, 0.717) is 6.04 Å². The maximum atomic E-state index is 9.08. The molecule has 1 atom stereocenters. The summed E-state index contributed by atoms with van der Waals surface area (Å²) in [7, 11) is 1.69. The second-order valence-corrected chi connectivity index (χ2v) is 5.71. The Hall–Kier alpha value is -0.580. The van der Waals surface area contributed by atoms with E-state index in [0.717, 1.165) is 34.7 Å². The summed E-state index contributed by atoms with van der Waals surface area (Å²) >= 11 is 3.48. The molecule has 100 valence electrons. The highest BCUT2D eigenvalue weighted by atomic mass is 79.9. The number of aliphatic hydroxyl groups is 1. The predicted octanol–water partition coefficient (Wildman–Crippen LogP) is 2.71. The van der Waals surface area contributed by atoms with E-state index in [1.807, 2.05) is 12.1 Å². The van der Waals surface area contributed by atoms with Crippen molar-refractivity contribution in [1.82, 2.24) is 5.32 Å². The van der Waals surface area contributed by atoms with Gasteiger partial charge >= 0.3 is 0 Å². The normalized spacial score (nSPS) is 16.6. The molecular formula is C14H20BrNO2. The summed E-state index contributed by atoms with van der Waals surface area (Å²) < 4.78 is 6.42. The lowest BCUT2D eigenvalue weighted by Crippen LogP contribution is -2.31. The zero-order valence-corrected chi connectivity index (χ0v) is 12.2. The second kappa shape index (κ2) is 6.55. The predicted molar refractivity (Wildman–Crippen MR) is 75.7 cm³/mol. The number of ether oxygens (including phenoxy) is 1. The lowest BCUT2D eigenvalue weighted by Gasteiger charge is -2.18. The highest BCUT2D eigenvalue weighted by Crippen LogP contribution is 2.34. The van der Waals surface area contributed by atoms with Gasteiger partial charge in [0, 0.05) is 29.2 Å². The van der Waals surface area contributed by atoms with Crippen molar-refractivity contribution in [1.29, 1.82) is 0 Å². The number of aliphatic hydroxyl groups excluding tert-OH is 1. The van der Waals surface area contributed by atoms with Gasteiger partial charge < -0.3 is 15.2 Å². The molecule has 2 N–H and O–H groups in total. The molecule has 0 bridgehead atoms. The first kappa shape index (κ1) is 13.8. The molecule has 3 nitrogen and oxygen atoms in total. The van der Waals surface area contributed by atoms with Crippen molar-refractivity contribution in [3.05, 3.63) is 28.2 Å². The molecule has 4 heteroatoms. The van der Waals surface area contributed by atoms with Gasteiger partial charge in [-0.15, -0.1) is 0 Å². The van der Waals surface area contributed by atoms with Crippen molar-refractivity contribution in [2.24, 2.45) is 5.92 Å². The van der Waals surface area contributed by atoms with Gasteiger partial charge in [0.2, 0.25) is 0 Å². The highest BCUT2D eigenvalue weighted by molar-refractivity contribution is 9.10. The van der Waals surface area contributed by atoms with E-state index < -0.39 is 0 Å². The van der Waals surface area contributed by atoms with Gasteiger partial charge in [-0.05, 0) is 43.4 Å². The SMILES string of the molecule is COc1ccc(Br)cc1CNC(CCO)C1CC1. The summed E-state index contributed by atoms with van der Waals surface area (Å²) in [4.78, 5) is 0. The number of hydrogen-bond donors (Lipinski definition) is 2. The number of rotatable bonds is 7. The minimum absolute atomic E-state index is 0.254. The molecule has 0 spiro atoms. The third kappa shape index (κ3) is 3.70. The van der Waals surface area contributed by atoms with Gasteiger partial charge in [-0.25, -0.2) is 0 Å². The largest absolute Gasteiger partial charge is 0.496 e. The van der Waals surface area contributed by atoms with Crippen LogP contribution in [0.3, 0.4) is 0 Å². The molecule has 1 saturated carbocycles. The summed E-state index contributed by atoms with van der Waals surface area (Å²) in [5.74, 6) is 1.65. The van der Waals surface area contributed by atoms with Crippen LogP contribution in [-0.4, -0.2) is 24.9 Å². The van der Waals surface area contributed by atoms with E-state index in [1.165, 1.54) is 12.8 Å². The van der Waals surface area contributed by atoms with E-state index in [2.05, 4.69) is 27.3 Å². The van der Waals surface area contributed by atoms with Crippen LogP contribution >= 0.6 is 15.9 Å². The summed E-state index contributed by atoms with van der Waals surface area (Å²) in [6.45, 7) is 1.04. The molecule has 0 heterocycles. The van der Waals surface area contributed by atoms with E-state index in [1.54, 1.807) is 7.11 Å². The molecule has 0 aliphatic heterocycles. The van der Waals surface area contributed by atoms with Crippen LogP contribution in [0.15, 0.2) is 22.7 Å². The molecule has 0 saturated heterocycles. The number of nitrogens with one attached hydrogen (secondary N) is 1. The van der Waals surface area contributed by atoms with Gasteiger partial charge in [-0.2, -0.15) is 0 Å². The van der Waals surface area contributed by atoms with Crippen LogP contribution in [0.2, 0.25) is 0 Å². The monoisotopic (exact) mass is 313 g/mol. The fraction of sp³-hybridized carbons (Fsp3) is 0.571. The molecule has 1 aliphatic carbocycles. The number of halogens is 1. The summed E-state index contributed by atoms with van der Waals surface area (Å²) in [5, 5.41) is 12.6. The smallest absolute Gasteiger partial charge is 0.123 e. The Bertz CT molecular complexity index is 393. The number of benzene rings is 1. The summed E-state index contributed by atoms with van der Waals surface area (Å²) in [6, 6.07) is 6.46. The Morgan fingerprint density at radius 3 is 2.89 bits per heavy atom. The van der Waals surface area contributed by atoms with Gasteiger partial charge in [0.1, 0.15) is 5.75 Å². The van der Waals surface area contributed by atoms with Gasteiger partial charge in [0.15, 0.2) is 0 Å². The zero-order chi connectivity index (χ0) is 13.0. The lowest BCUT2D eigenvalue weighted by molar-refractivity contribution is 0.255. The van der Waals surface area contributed by atoms with Gasteiger partial charge in [-0.3, -0.25) is 0 Å². The van der Waals surface area contributed by atoms with Crippen LogP contribution in [0.5, 0.6) is 5.75 Å². The van der Waals surface area contributed by atoms with Gasteiger partial charge in [0.05, 0.1) is 7.11 Å². The Balaban J connectivity index is 1.97. The summed E-state index contributed by atoms with van der Waals surface area (Å²) in [5.41, 5.74) is 1.15. The second-order valence-electron chi connectivity index (χ2n) is 4.79. The fourth-order valence-corrected chi connectivity index (χ4v) is 2.68. The Morgan fingerprint density at radius 2 is 2.28 bits per heavy atom. The van der Waals surface area contributed by atoms with Gasteiger partial charge in [-0.1, -0.05) is 15.9 Å². The van der Waals surface area contributed by atoms with Crippen LogP contribution in [0.4, 0.5) is 0 Å². The number of hydrogen-bond acceptors (Lipinski definition) is 3. The Kier molecular flexibility index (Phi) is 5.03. The maximum Gasteiger partial charge on any atom is 0.123 e. The van der Waals surface area contributed by atoms with E-state index in [4.69, 9.17) is 9.84 Å². The molecule has 2 rings (SSSR count). The minimum atomic E-state index is 0.254. The van der Waals surface area contributed by atoms with E-state index >= 15 is 0 Å². The third-order valence-electron chi connectivity index (χ3n) is 3.43. The first-order chi connectivity index (χ1) is 8.74. The molecule has 1 fully saturated rings. The van der Waals surface area contributed by atoms with Crippen LogP contribution in [-0.2, 0) is 6.54 Å². The van der Waals surface area contributed by atoms with Crippen LogP contribution < -0.4 is 10.1 Å². The average Bonchev–Trinajstić information content (AvgIpc) is 3.19. The topological polar surface area (TPSA) is 41.5 Å².